The Morgan fingerprint density at radius 2 is 1.78 bits per heavy atom. The molecule has 0 aromatic heterocycles. The number of hydrogen-bond donors (Lipinski definition) is 1. The number of hydrogen-bond acceptors (Lipinski definition) is 3. The lowest BCUT2D eigenvalue weighted by molar-refractivity contribution is 0.154. The quantitative estimate of drug-likeness (QED) is 0.915. The fraction of sp³-hybridized carbons (Fsp3) is 0.400. The molecule has 3 nitrogen and oxygen atoms in total. The second-order valence-electron chi connectivity index (χ2n) is 6.28. The van der Waals surface area contributed by atoms with Gasteiger partial charge in [-0.15, -0.1) is 0 Å². The summed E-state index contributed by atoms with van der Waals surface area (Å²) in [6.07, 6.45) is 2.76. The first kappa shape index (κ1) is 16.0. The van der Waals surface area contributed by atoms with Gasteiger partial charge in [-0.1, -0.05) is 42.5 Å². The highest BCUT2D eigenvalue weighted by atomic mass is 16.5. The van der Waals surface area contributed by atoms with Gasteiger partial charge in [0.05, 0.1) is 6.10 Å². The van der Waals surface area contributed by atoms with E-state index in [-0.39, 0.29) is 6.10 Å². The second kappa shape index (κ2) is 8.14. The molecule has 0 aliphatic carbocycles. The van der Waals surface area contributed by atoms with E-state index in [1.54, 1.807) is 0 Å². The molecule has 1 aliphatic rings. The van der Waals surface area contributed by atoms with Gasteiger partial charge in [-0.2, -0.15) is 0 Å². The Balaban J connectivity index is 1.56. The van der Waals surface area contributed by atoms with Crippen LogP contribution in [-0.4, -0.2) is 29.2 Å². The molecule has 2 aromatic rings. The first-order chi connectivity index (χ1) is 11.3. The minimum absolute atomic E-state index is 0.124. The molecule has 122 valence electrons. The molecule has 1 atom stereocenters. The van der Waals surface area contributed by atoms with Crippen LogP contribution < -0.4 is 4.74 Å². The van der Waals surface area contributed by atoms with Gasteiger partial charge >= 0.3 is 0 Å². The van der Waals surface area contributed by atoms with Crippen molar-refractivity contribution in [3.63, 3.8) is 0 Å². The zero-order valence-corrected chi connectivity index (χ0v) is 13.5. The number of rotatable bonds is 5. The summed E-state index contributed by atoms with van der Waals surface area (Å²) in [5.41, 5.74) is 2.45. The Labute approximate surface area is 138 Å². The lowest BCUT2D eigenvalue weighted by Crippen LogP contribution is -2.24. The van der Waals surface area contributed by atoms with E-state index in [0.29, 0.717) is 6.61 Å². The van der Waals surface area contributed by atoms with Crippen molar-refractivity contribution < 1.29 is 9.84 Å². The predicted octanol–water partition coefficient (Wildman–Crippen LogP) is 3.61. The molecule has 3 rings (SSSR count). The highest BCUT2D eigenvalue weighted by Crippen LogP contribution is 2.18. The van der Waals surface area contributed by atoms with Gasteiger partial charge in [-0.3, -0.25) is 4.90 Å². The van der Waals surface area contributed by atoms with Crippen molar-refractivity contribution in [3.05, 3.63) is 65.7 Å². The zero-order chi connectivity index (χ0) is 15.9. The fourth-order valence-electron chi connectivity index (χ4n) is 3.03. The largest absolute Gasteiger partial charge is 0.489 e. The van der Waals surface area contributed by atoms with Gasteiger partial charge in [-0.25, -0.2) is 0 Å². The molecule has 3 heteroatoms. The van der Waals surface area contributed by atoms with E-state index in [2.05, 4.69) is 35.2 Å². The highest BCUT2D eigenvalue weighted by Gasteiger charge is 2.15. The summed E-state index contributed by atoms with van der Waals surface area (Å²) in [6.45, 7) is 3.55. The monoisotopic (exact) mass is 311 g/mol. The van der Waals surface area contributed by atoms with Crippen molar-refractivity contribution in [1.82, 2.24) is 4.90 Å². The third kappa shape index (κ3) is 5.08. The van der Waals surface area contributed by atoms with E-state index in [0.717, 1.165) is 44.6 Å². The molecule has 0 unspecified atom stereocenters. The summed E-state index contributed by atoms with van der Waals surface area (Å²) in [4.78, 5) is 2.42. The van der Waals surface area contributed by atoms with Crippen LogP contribution in [-0.2, 0) is 13.2 Å². The predicted molar refractivity (Wildman–Crippen MR) is 92.4 cm³/mol. The molecule has 0 radical (unpaired) electrons. The Kier molecular flexibility index (Phi) is 5.67. The third-order valence-corrected chi connectivity index (χ3v) is 4.34. The average Bonchev–Trinajstić information content (AvgIpc) is 2.79. The topological polar surface area (TPSA) is 32.7 Å². The number of likely N-dealkylation sites (tertiary alicyclic amines) is 1. The van der Waals surface area contributed by atoms with E-state index in [9.17, 15) is 5.11 Å². The Morgan fingerprint density at radius 3 is 2.65 bits per heavy atom. The number of aliphatic hydroxyl groups is 1. The van der Waals surface area contributed by atoms with Gasteiger partial charge in [-0.05, 0) is 49.1 Å². The van der Waals surface area contributed by atoms with Crippen molar-refractivity contribution in [3.8, 4) is 5.75 Å². The lowest BCUT2D eigenvalue weighted by atomic mass is 10.2. The van der Waals surface area contributed by atoms with Gasteiger partial charge in [0.1, 0.15) is 12.4 Å². The number of ether oxygens (including phenoxy) is 1. The number of aliphatic hydroxyl groups excluding tert-OH is 1. The highest BCUT2D eigenvalue weighted by molar-refractivity contribution is 5.29. The first-order valence-electron chi connectivity index (χ1n) is 8.46. The Morgan fingerprint density at radius 1 is 0.957 bits per heavy atom. The van der Waals surface area contributed by atoms with Crippen molar-refractivity contribution >= 4 is 0 Å². The van der Waals surface area contributed by atoms with Gasteiger partial charge < -0.3 is 9.84 Å². The first-order valence-corrected chi connectivity index (χ1v) is 8.46. The maximum Gasteiger partial charge on any atom is 0.120 e. The average molecular weight is 311 g/mol. The van der Waals surface area contributed by atoms with Gasteiger partial charge in [0.25, 0.3) is 0 Å². The summed E-state index contributed by atoms with van der Waals surface area (Å²) in [6, 6.07) is 18.6. The van der Waals surface area contributed by atoms with Crippen molar-refractivity contribution in [1.29, 1.82) is 0 Å². The molecule has 1 aliphatic heterocycles. The molecule has 0 saturated carbocycles. The molecule has 23 heavy (non-hydrogen) atoms. The van der Waals surface area contributed by atoms with Crippen LogP contribution in [0.4, 0.5) is 0 Å². The third-order valence-electron chi connectivity index (χ3n) is 4.34. The summed E-state index contributed by atoms with van der Waals surface area (Å²) in [5, 5.41) is 9.75. The van der Waals surface area contributed by atoms with E-state index in [1.165, 1.54) is 11.1 Å². The molecule has 1 saturated heterocycles. The van der Waals surface area contributed by atoms with E-state index >= 15 is 0 Å². The SMILES string of the molecule is O[C@@H]1CCCN(Cc2cccc(OCc3ccccc3)c2)CC1. The van der Waals surface area contributed by atoms with Crippen LogP contribution in [0.3, 0.4) is 0 Å². The minimum atomic E-state index is -0.124. The van der Waals surface area contributed by atoms with Crippen LogP contribution in [0.15, 0.2) is 54.6 Å². The van der Waals surface area contributed by atoms with E-state index in [1.807, 2.05) is 24.3 Å². The van der Waals surface area contributed by atoms with Gasteiger partial charge in [0, 0.05) is 13.1 Å². The van der Waals surface area contributed by atoms with Crippen molar-refractivity contribution in [2.75, 3.05) is 13.1 Å². The molecule has 0 spiro atoms. The molecule has 2 aromatic carbocycles. The molecular formula is C20H25NO2. The zero-order valence-electron chi connectivity index (χ0n) is 13.5. The summed E-state index contributed by atoms with van der Waals surface area (Å²) < 4.78 is 5.91. The molecule has 0 bridgehead atoms. The van der Waals surface area contributed by atoms with Crippen LogP contribution in [0.1, 0.15) is 30.4 Å². The fourth-order valence-corrected chi connectivity index (χ4v) is 3.03. The number of nitrogens with zero attached hydrogens (tertiary/aromatic N) is 1. The summed E-state index contributed by atoms with van der Waals surface area (Å²) in [5.74, 6) is 0.918. The van der Waals surface area contributed by atoms with Crippen molar-refractivity contribution in [2.24, 2.45) is 0 Å². The molecular weight excluding hydrogens is 286 g/mol. The lowest BCUT2D eigenvalue weighted by Gasteiger charge is -2.20. The van der Waals surface area contributed by atoms with Crippen LogP contribution in [0, 0.1) is 0 Å². The summed E-state index contributed by atoms with van der Waals surface area (Å²) in [7, 11) is 0. The minimum Gasteiger partial charge on any atom is -0.489 e. The smallest absolute Gasteiger partial charge is 0.120 e. The van der Waals surface area contributed by atoms with Crippen LogP contribution >= 0.6 is 0 Å². The Hall–Kier alpha value is -1.84. The van der Waals surface area contributed by atoms with Gasteiger partial charge in [0.2, 0.25) is 0 Å². The summed E-state index contributed by atoms with van der Waals surface area (Å²) >= 11 is 0. The van der Waals surface area contributed by atoms with E-state index in [4.69, 9.17) is 4.74 Å². The molecule has 1 N–H and O–H groups in total. The van der Waals surface area contributed by atoms with Crippen LogP contribution in [0.2, 0.25) is 0 Å². The maximum absolute atomic E-state index is 9.75. The second-order valence-corrected chi connectivity index (χ2v) is 6.28. The number of benzene rings is 2. The van der Waals surface area contributed by atoms with Crippen LogP contribution in [0.5, 0.6) is 5.75 Å². The molecule has 1 heterocycles. The molecule has 0 amide bonds. The standard InChI is InChI=1S/C20H25NO2/c22-19-9-5-12-21(13-11-19)15-18-8-4-10-20(14-18)23-16-17-6-2-1-3-7-17/h1-4,6-8,10,14,19,22H,5,9,11-13,15-16H2/t19-/m1/s1. The van der Waals surface area contributed by atoms with Gasteiger partial charge in [0.15, 0.2) is 0 Å². The van der Waals surface area contributed by atoms with E-state index < -0.39 is 0 Å². The maximum atomic E-state index is 9.75. The molecule has 1 fully saturated rings. The normalized spacial score (nSPS) is 19.3. The van der Waals surface area contributed by atoms with Crippen LogP contribution in [0.25, 0.3) is 0 Å². The Bertz CT molecular complexity index is 600. The van der Waals surface area contributed by atoms with Crippen molar-refractivity contribution in [2.45, 2.75) is 38.5 Å².